The summed E-state index contributed by atoms with van der Waals surface area (Å²) < 4.78 is 5.56. The molecule has 1 N–H and O–H groups in total. The van der Waals surface area contributed by atoms with Crippen molar-refractivity contribution in [2.24, 2.45) is 4.99 Å². The number of benzene rings is 3. The average molecular weight is 425 g/mol. The molecular formula is C27H23NO4. The van der Waals surface area contributed by atoms with E-state index < -0.39 is 5.63 Å². The van der Waals surface area contributed by atoms with Crippen LogP contribution in [-0.2, 0) is 0 Å². The molecule has 0 aliphatic heterocycles. The summed E-state index contributed by atoms with van der Waals surface area (Å²) in [6, 6.07) is 14.2. The number of fused-ring (bicyclic) bond motifs is 3. The van der Waals surface area contributed by atoms with Crippen LogP contribution in [0.4, 0.5) is 0 Å². The Hall–Kier alpha value is -3.99. The minimum atomic E-state index is -0.468. The predicted molar refractivity (Wildman–Crippen MR) is 129 cm³/mol. The van der Waals surface area contributed by atoms with Gasteiger partial charge in [-0.15, -0.1) is 0 Å². The number of aromatic hydroxyl groups is 1. The van der Waals surface area contributed by atoms with Crippen molar-refractivity contribution in [3.8, 4) is 5.75 Å². The van der Waals surface area contributed by atoms with Crippen LogP contribution in [0.25, 0.3) is 27.8 Å². The molecule has 0 aliphatic rings. The fraction of sp³-hybridized carbons (Fsp3) is 0.148. The number of carbonyl (C=O) groups is 1. The largest absolute Gasteiger partial charge is 0.507 e. The molecule has 0 atom stereocenters. The number of carbonyl (C=O) groups excluding carboxylic acids is 1. The summed E-state index contributed by atoms with van der Waals surface area (Å²) in [5.74, 6) is -0.0989. The van der Waals surface area contributed by atoms with Crippen LogP contribution in [-0.4, -0.2) is 23.6 Å². The lowest BCUT2D eigenvalue weighted by atomic mass is 9.95. The molecule has 1 heterocycles. The standard InChI is InChI=1S/C27H23NO4/c1-4-28-15-20-14-19(9-12-23(29)18-7-5-16(2)6-8-18)25-22(26(20)31)11-10-21-17(3)13-24(30)32-27(21)25/h5-15,31H,4H2,1-3H3/b12-9+,28-15?. The topological polar surface area (TPSA) is 79.9 Å². The lowest BCUT2D eigenvalue weighted by molar-refractivity contribution is 0.104. The highest BCUT2D eigenvalue weighted by molar-refractivity contribution is 6.15. The highest BCUT2D eigenvalue weighted by Gasteiger charge is 2.15. The van der Waals surface area contributed by atoms with Gasteiger partial charge in [0, 0.05) is 46.1 Å². The van der Waals surface area contributed by atoms with Crippen molar-refractivity contribution in [1.29, 1.82) is 0 Å². The number of hydrogen-bond acceptors (Lipinski definition) is 5. The Morgan fingerprint density at radius 1 is 1.03 bits per heavy atom. The summed E-state index contributed by atoms with van der Waals surface area (Å²) in [6.07, 6.45) is 4.78. The smallest absolute Gasteiger partial charge is 0.336 e. The summed E-state index contributed by atoms with van der Waals surface area (Å²) in [5, 5.41) is 12.7. The summed E-state index contributed by atoms with van der Waals surface area (Å²) in [5.41, 5.74) is 3.52. The zero-order valence-electron chi connectivity index (χ0n) is 18.2. The van der Waals surface area contributed by atoms with Crippen LogP contribution in [0.3, 0.4) is 0 Å². The van der Waals surface area contributed by atoms with E-state index >= 15 is 0 Å². The first-order chi connectivity index (χ1) is 15.4. The maximum Gasteiger partial charge on any atom is 0.336 e. The number of phenols is 1. The summed E-state index contributed by atoms with van der Waals surface area (Å²) >= 11 is 0. The summed E-state index contributed by atoms with van der Waals surface area (Å²) in [6.45, 7) is 6.28. The van der Waals surface area contributed by atoms with Gasteiger partial charge in [0.2, 0.25) is 0 Å². The van der Waals surface area contributed by atoms with Crippen molar-refractivity contribution in [3.05, 3.63) is 92.8 Å². The Morgan fingerprint density at radius 2 is 1.75 bits per heavy atom. The summed E-state index contributed by atoms with van der Waals surface area (Å²) in [4.78, 5) is 29.1. The Morgan fingerprint density at radius 3 is 2.47 bits per heavy atom. The Labute approximate surface area is 185 Å². The van der Waals surface area contributed by atoms with Gasteiger partial charge in [0.25, 0.3) is 0 Å². The van der Waals surface area contributed by atoms with E-state index in [0.29, 0.717) is 39.6 Å². The zero-order chi connectivity index (χ0) is 22.8. The number of aliphatic imine (C=N–C) groups is 1. The third kappa shape index (κ3) is 3.97. The number of aryl methyl sites for hydroxylation is 2. The first kappa shape index (κ1) is 21.2. The SMILES string of the molecule is CCN=Cc1cc(/C=C/C(=O)c2ccc(C)cc2)c2c(ccc3c(C)cc(=O)oc32)c1O. The molecular weight excluding hydrogens is 402 g/mol. The highest BCUT2D eigenvalue weighted by atomic mass is 16.4. The predicted octanol–water partition coefficient (Wildman–Crippen LogP) is 5.60. The van der Waals surface area contributed by atoms with Gasteiger partial charge >= 0.3 is 5.63 Å². The van der Waals surface area contributed by atoms with Crippen LogP contribution in [0.15, 0.2) is 68.8 Å². The van der Waals surface area contributed by atoms with Gasteiger partial charge in [-0.2, -0.15) is 0 Å². The van der Waals surface area contributed by atoms with Gasteiger partial charge < -0.3 is 9.52 Å². The van der Waals surface area contributed by atoms with Crippen LogP contribution in [0.5, 0.6) is 5.75 Å². The highest BCUT2D eigenvalue weighted by Crippen LogP contribution is 2.37. The maximum absolute atomic E-state index is 12.7. The van der Waals surface area contributed by atoms with Gasteiger partial charge in [-0.25, -0.2) is 4.79 Å². The molecule has 0 radical (unpaired) electrons. The molecule has 0 fully saturated rings. The molecule has 3 aromatic carbocycles. The quantitative estimate of drug-likeness (QED) is 0.148. The van der Waals surface area contributed by atoms with Crippen molar-refractivity contribution in [2.75, 3.05) is 6.54 Å². The van der Waals surface area contributed by atoms with E-state index in [1.807, 2.05) is 39.0 Å². The van der Waals surface area contributed by atoms with E-state index in [0.717, 1.165) is 16.5 Å². The number of nitrogens with zero attached hydrogens (tertiary/aromatic N) is 1. The van der Waals surface area contributed by atoms with Crippen molar-refractivity contribution >= 4 is 39.8 Å². The lowest BCUT2D eigenvalue weighted by Crippen LogP contribution is -1.99. The van der Waals surface area contributed by atoms with E-state index in [-0.39, 0.29) is 11.5 Å². The molecule has 0 bridgehead atoms. The normalized spacial score (nSPS) is 11.8. The van der Waals surface area contributed by atoms with Crippen LogP contribution in [0, 0.1) is 13.8 Å². The summed E-state index contributed by atoms with van der Waals surface area (Å²) in [7, 11) is 0. The number of rotatable bonds is 5. The second-order valence-corrected chi connectivity index (χ2v) is 7.71. The van der Waals surface area contributed by atoms with Crippen molar-refractivity contribution in [3.63, 3.8) is 0 Å². The van der Waals surface area contributed by atoms with Gasteiger partial charge in [0.05, 0.1) is 0 Å². The molecule has 5 heteroatoms. The monoisotopic (exact) mass is 425 g/mol. The fourth-order valence-electron chi connectivity index (χ4n) is 3.73. The second kappa shape index (κ2) is 8.63. The van der Waals surface area contributed by atoms with Crippen LogP contribution in [0.2, 0.25) is 0 Å². The fourth-order valence-corrected chi connectivity index (χ4v) is 3.73. The Bertz CT molecular complexity index is 1460. The van der Waals surface area contributed by atoms with Gasteiger partial charge in [-0.05, 0) is 50.1 Å². The maximum atomic E-state index is 12.7. The van der Waals surface area contributed by atoms with E-state index in [2.05, 4.69) is 4.99 Å². The second-order valence-electron chi connectivity index (χ2n) is 7.71. The molecule has 0 saturated carbocycles. The molecule has 0 spiro atoms. The van der Waals surface area contributed by atoms with E-state index in [9.17, 15) is 14.7 Å². The molecule has 5 nitrogen and oxygen atoms in total. The van der Waals surface area contributed by atoms with Crippen LogP contribution < -0.4 is 5.63 Å². The number of phenolic OH excluding ortho intramolecular Hbond substituents is 1. The average Bonchev–Trinajstić information content (AvgIpc) is 2.77. The molecule has 4 rings (SSSR count). The number of hydrogen-bond donors (Lipinski definition) is 1. The Kier molecular flexibility index (Phi) is 5.73. The number of allylic oxidation sites excluding steroid dienone is 1. The van der Waals surface area contributed by atoms with E-state index in [1.54, 1.807) is 36.6 Å². The van der Waals surface area contributed by atoms with Crippen molar-refractivity contribution in [2.45, 2.75) is 20.8 Å². The van der Waals surface area contributed by atoms with Gasteiger partial charge in [-0.3, -0.25) is 9.79 Å². The van der Waals surface area contributed by atoms with Crippen LogP contribution >= 0.6 is 0 Å². The van der Waals surface area contributed by atoms with Gasteiger partial charge in [0.15, 0.2) is 5.78 Å². The number of ketones is 1. The van der Waals surface area contributed by atoms with E-state index in [1.165, 1.54) is 12.1 Å². The van der Waals surface area contributed by atoms with Crippen molar-refractivity contribution in [1.82, 2.24) is 0 Å². The van der Waals surface area contributed by atoms with Gasteiger partial charge in [-0.1, -0.05) is 42.0 Å². The molecule has 0 amide bonds. The molecule has 160 valence electrons. The Balaban J connectivity index is 1.97. The van der Waals surface area contributed by atoms with Gasteiger partial charge in [0.1, 0.15) is 11.3 Å². The molecule has 32 heavy (non-hydrogen) atoms. The molecule has 0 aliphatic carbocycles. The molecule has 4 aromatic rings. The first-order valence-corrected chi connectivity index (χ1v) is 10.4. The zero-order valence-corrected chi connectivity index (χ0v) is 18.2. The van der Waals surface area contributed by atoms with Crippen molar-refractivity contribution < 1.29 is 14.3 Å². The lowest BCUT2D eigenvalue weighted by Gasteiger charge is -2.11. The minimum absolute atomic E-state index is 0.0465. The first-order valence-electron chi connectivity index (χ1n) is 10.4. The third-order valence-electron chi connectivity index (χ3n) is 5.41. The molecule has 1 aromatic heterocycles. The third-order valence-corrected chi connectivity index (χ3v) is 5.41. The van der Waals surface area contributed by atoms with E-state index in [4.69, 9.17) is 4.42 Å². The molecule has 0 saturated heterocycles. The molecule has 0 unspecified atom stereocenters. The van der Waals surface area contributed by atoms with Crippen LogP contribution in [0.1, 0.15) is 39.5 Å². The minimum Gasteiger partial charge on any atom is -0.507 e.